The molecule has 0 aliphatic rings. The molecule has 0 aromatic carbocycles. The Morgan fingerprint density at radius 2 is 2.22 bits per heavy atom. The highest BCUT2D eigenvalue weighted by atomic mass is 16.3. The van der Waals surface area contributed by atoms with Crippen molar-refractivity contribution >= 4 is 0 Å². The Morgan fingerprint density at radius 3 is 2.44 bits per heavy atom. The van der Waals surface area contributed by atoms with Gasteiger partial charge in [0.25, 0.3) is 0 Å². The number of nitrogens with zero attached hydrogens (tertiary/aromatic N) is 1. The summed E-state index contributed by atoms with van der Waals surface area (Å²) in [6.45, 7) is 3.51. The summed E-state index contributed by atoms with van der Waals surface area (Å²) < 4.78 is 0. The van der Waals surface area contributed by atoms with Crippen molar-refractivity contribution in [2.75, 3.05) is 0 Å². The average Bonchev–Trinajstić information content (AvgIpc) is 2.12. The Labute approximate surface area is 53.7 Å². The Balaban J connectivity index is 3.07. The van der Waals surface area contributed by atoms with Gasteiger partial charge in [0.15, 0.2) is 0 Å². The lowest BCUT2D eigenvalue weighted by Crippen LogP contribution is -2.04. The molecule has 0 saturated heterocycles. The Hall–Kier alpha value is -0.830. The van der Waals surface area contributed by atoms with E-state index >= 15 is 0 Å². The van der Waals surface area contributed by atoms with Crippen LogP contribution >= 0.6 is 0 Å². The first kappa shape index (κ1) is 6.29. The number of hydrogen-bond donors (Lipinski definition) is 1. The molecule has 0 unspecified atom stereocenters. The number of aryl methyl sites for hydroxylation is 2. The zero-order valence-corrected chi connectivity index (χ0v) is 5.56. The van der Waals surface area contributed by atoms with Gasteiger partial charge < -0.3 is 5.11 Å². The van der Waals surface area contributed by atoms with Crippen LogP contribution < -0.4 is 5.11 Å². The zero-order valence-electron chi connectivity index (χ0n) is 5.56. The first-order valence-corrected chi connectivity index (χ1v) is 2.84. The summed E-state index contributed by atoms with van der Waals surface area (Å²) in [5, 5.41) is 17.0. The van der Waals surface area contributed by atoms with Gasteiger partial charge in [-0.1, -0.05) is 0 Å². The molecule has 1 rings (SSSR count). The van der Waals surface area contributed by atoms with Crippen molar-refractivity contribution in [2.45, 2.75) is 20.5 Å². The van der Waals surface area contributed by atoms with Crippen molar-refractivity contribution in [1.29, 1.82) is 0 Å². The second-order valence-corrected chi connectivity index (χ2v) is 2.06. The molecule has 1 heterocycles. The maximum atomic E-state index is 10.4. The fraction of sp³-hybridized carbons (Fsp3) is 0.500. The second-order valence-electron chi connectivity index (χ2n) is 2.06. The maximum Gasteiger partial charge on any atom is 0.0612 e. The highest BCUT2D eigenvalue weighted by molar-refractivity contribution is 5.21. The molecular weight excluding hydrogens is 116 g/mol. The van der Waals surface area contributed by atoms with Crippen LogP contribution in [-0.2, 0) is 6.61 Å². The molecule has 0 fully saturated rings. The lowest BCUT2D eigenvalue weighted by atomic mass is 10.2. The van der Waals surface area contributed by atoms with E-state index in [9.17, 15) is 5.11 Å². The molecule has 9 heavy (non-hydrogen) atoms. The molecule has 0 bridgehead atoms. The first-order chi connectivity index (χ1) is 4.25. The maximum absolute atomic E-state index is 10.4. The number of aromatic amines is 1. The highest BCUT2D eigenvalue weighted by Crippen LogP contribution is 2.06. The molecule has 0 saturated carbocycles. The van der Waals surface area contributed by atoms with Crippen LogP contribution in [0.3, 0.4) is 0 Å². The normalized spacial score (nSPS) is 10.1. The molecule has 0 radical (unpaired) electrons. The SMILES string of the molecule is Cc1n[nH]c(C)c1C[O-]. The Kier molecular flexibility index (Phi) is 1.53. The summed E-state index contributed by atoms with van der Waals surface area (Å²) in [5.41, 5.74) is 2.51. The summed E-state index contributed by atoms with van der Waals surface area (Å²) in [7, 11) is 0. The van der Waals surface area contributed by atoms with E-state index in [1.54, 1.807) is 0 Å². The van der Waals surface area contributed by atoms with Crippen LogP contribution in [0.2, 0.25) is 0 Å². The second kappa shape index (κ2) is 2.19. The van der Waals surface area contributed by atoms with Crippen molar-refractivity contribution in [1.82, 2.24) is 10.2 Å². The molecule has 1 aromatic rings. The van der Waals surface area contributed by atoms with E-state index in [0.29, 0.717) is 0 Å². The van der Waals surface area contributed by atoms with Gasteiger partial charge >= 0.3 is 0 Å². The molecule has 0 atom stereocenters. The molecule has 3 heteroatoms. The third-order valence-corrected chi connectivity index (χ3v) is 1.43. The molecule has 0 aliphatic heterocycles. The smallest absolute Gasteiger partial charge is 0.0612 e. The molecule has 0 aliphatic carbocycles. The van der Waals surface area contributed by atoms with E-state index in [4.69, 9.17) is 0 Å². The lowest BCUT2D eigenvalue weighted by Gasteiger charge is -2.01. The minimum atomic E-state index is -0.172. The van der Waals surface area contributed by atoms with Gasteiger partial charge in [0.1, 0.15) is 0 Å². The van der Waals surface area contributed by atoms with Gasteiger partial charge in [-0.15, -0.1) is 6.61 Å². The molecule has 1 N–H and O–H groups in total. The van der Waals surface area contributed by atoms with Gasteiger partial charge in [-0.05, 0) is 19.4 Å². The largest absolute Gasteiger partial charge is 0.851 e. The van der Waals surface area contributed by atoms with Crippen molar-refractivity contribution in [2.24, 2.45) is 0 Å². The van der Waals surface area contributed by atoms with Crippen molar-refractivity contribution in [3.63, 3.8) is 0 Å². The van der Waals surface area contributed by atoms with Gasteiger partial charge in [0.2, 0.25) is 0 Å². The summed E-state index contributed by atoms with van der Waals surface area (Å²) in [4.78, 5) is 0. The summed E-state index contributed by atoms with van der Waals surface area (Å²) >= 11 is 0. The van der Waals surface area contributed by atoms with Crippen LogP contribution in [0.1, 0.15) is 17.0 Å². The minimum Gasteiger partial charge on any atom is -0.851 e. The van der Waals surface area contributed by atoms with E-state index < -0.39 is 0 Å². The molecule has 0 amide bonds. The molecule has 0 spiro atoms. The third kappa shape index (κ3) is 0.954. The lowest BCUT2D eigenvalue weighted by molar-refractivity contribution is -0.386. The monoisotopic (exact) mass is 125 g/mol. The summed E-state index contributed by atoms with van der Waals surface area (Å²) in [6, 6.07) is 0. The number of hydrogen-bond acceptors (Lipinski definition) is 2. The first-order valence-electron chi connectivity index (χ1n) is 2.84. The number of rotatable bonds is 1. The van der Waals surface area contributed by atoms with Crippen molar-refractivity contribution in [3.05, 3.63) is 17.0 Å². The third-order valence-electron chi connectivity index (χ3n) is 1.43. The van der Waals surface area contributed by atoms with E-state index in [-0.39, 0.29) is 6.61 Å². The average molecular weight is 125 g/mol. The fourth-order valence-electron chi connectivity index (χ4n) is 0.787. The van der Waals surface area contributed by atoms with Crippen molar-refractivity contribution < 1.29 is 5.11 Å². The van der Waals surface area contributed by atoms with E-state index in [1.807, 2.05) is 13.8 Å². The highest BCUT2D eigenvalue weighted by Gasteiger charge is 1.98. The molecule has 3 nitrogen and oxygen atoms in total. The van der Waals surface area contributed by atoms with E-state index in [0.717, 1.165) is 17.0 Å². The van der Waals surface area contributed by atoms with Gasteiger partial charge in [-0.2, -0.15) is 5.10 Å². The molecule has 50 valence electrons. The number of aromatic nitrogens is 2. The van der Waals surface area contributed by atoms with Gasteiger partial charge in [-0.25, -0.2) is 0 Å². The minimum absolute atomic E-state index is 0.172. The van der Waals surface area contributed by atoms with Crippen molar-refractivity contribution in [3.8, 4) is 0 Å². The Bertz CT molecular complexity index is 185. The predicted molar refractivity (Wildman–Crippen MR) is 31.8 cm³/mol. The molecular formula is C6H9N2O-. The quantitative estimate of drug-likeness (QED) is 0.569. The van der Waals surface area contributed by atoms with E-state index in [1.165, 1.54) is 0 Å². The standard InChI is InChI=1S/C6H9N2O/c1-4-6(3-9)5(2)8-7-4/h3H2,1-2H3,(H,7,8)/q-1. The van der Waals surface area contributed by atoms with Crippen LogP contribution in [0, 0.1) is 13.8 Å². The van der Waals surface area contributed by atoms with Crippen LogP contribution in [-0.4, -0.2) is 10.2 Å². The van der Waals surface area contributed by atoms with E-state index in [2.05, 4.69) is 10.2 Å². The Morgan fingerprint density at radius 1 is 1.56 bits per heavy atom. The van der Waals surface area contributed by atoms with Gasteiger partial charge in [0, 0.05) is 5.69 Å². The zero-order chi connectivity index (χ0) is 6.85. The topological polar surface area (TPSA) is 51.7 Å². The van der Waals surface area contributed by atoms with Crippen LogP contribution in [0.15, 0.2) is 0 Å². The van der Waals surface area contributed by atoms with Gasteiger partial charge in [0.05, 0.1) is 5.69 Å². The van der Waals surface area contributed by atoms with Crippen LogP contribution in [0.25, 0.3) is 0 Å². The fourth-order valence-corrected chi connectivity index (χ4v) is 0.787. The summed E-state index contributed by atoms with van der Waals surface area (Å²) in [5.74, 6) is 0. The van der Waals surface area contributed by atoms with Gasteiger partial charge in [-0.3, -0.25) is 5.10 Å². The number of nitrogens with one attached hydrogen (secondary N) is 1. The van der Waals surface area contributed by atoms with Crippen LogP contribution in [0.4, 0.5) is 0 Å². The number of H-pyrrole nitrogens is 1. The molecule has 1 aromatic heterocycles. The predicted octanol–water partition coefficient (Wildman–Crippen LogP) is -0.113. The van der Waals surface area contributed by atoms with Crippen LogP contribution in [0.5, 0.6) is 0 Å². The summed E-state index contributed by atoms with van der Waals surface area (Å²) in [6.07, 6.45) is 0.